The van der Waals surface area contributed by atoms with E-state index in [0.29, 0.717) is 17.7 Å². The van der Waals surface area contributed by atoms with E-state index in [1.54, 1.807) is 0 Å². The van der Waals surface area contributed by atoms with E-state index in [-0.39, 0.29) is 11.7 Å². The minimum Gasteiger partial charge on any atom is -0.409 e. The molecule has 110 valence electrons. The van der Waals surface area contributed by atoms with Gasteiger partial charge in [0.15, 0.2) is 5.84 Å². The van der Waals surface area contributed by atoms with E-state index in [0.717, 1.165) is 37.2 Å². The Morgan fingerprint density at radius 1 is 1.35 bits per heavy atom. The molecule has 1 aromatic heterocycles. The maximum Gasteiger partial charge on any atom is 0.265 e. The molecule has 0 saturated heterocycles. The molecule has 1 heterocycles. The Kier molecular flexibility index (Phi) is 4.89. The molecule has 1 aromatic rings. The van der Waals surface area contributed by atoms with Crippen molar-refractivity contribution in [3.8, 4) is 0 Å². The number of rotatable bonds is 3. The molecule has 1 amide bonds. The lowest BCUT2D eigenvalue weighted by molar-refractivity contribution is 0.0914. The zero-order valence-electron chi connectivity index (χ0n) is 11.2. The molecule has 0 radical (unpaired) electrons. The van der Waals surface area contributed by atoms with Gasteiger partial charge in [-0.1, -0.05) is 41.7 Å². The summed E-state index contributed by atoms with van der Waals surface area (Å²) in [6.45, 7) is 0. The number of nitrogens with zero attached hydrogens (tertiary/aromatic N) is 3. The number of carbonyl (C=O) groups is 1. The number of aromatic nitrogens is 2. The summed E-state index contributed by atoms with van der Waals surface area (Å²) < 4.78 is 3.68. The molecule has 1 fully saturated rings. The molecule has 0 atom stereocenters. The third kappa shape index (κ3) is 3.24. The normalized spacial score (nSPS) is 19.9. The lowest BCUT2D eigenvalue weighted by Gasteiger charge is -2.34. The van der Waals surface area contributed by atoms with Crippen LogP contribution in [0.25, 0.3) is 0 Å². The Labute approximate surface area is 121 Å². The van der Waals surface area contributed by atoms with Gasteiger partial charge < -0.3 is 16.3 Å². The first-order chi connectivity index (χ1) is 9.68. The van der Waals surface area contributed by atoms with E-state index < -0.39 is 5.54 Å². The zero-order chi connectivity index (χ0) is 14.4. The molecule has 4 N–H and O–H groups in total. The lowest BCUT2D eigenvalue weighted by Crippen LogP contribution is -2.57. The van der Waals surface area contributed by atoms with Crippen molar-refractivity contribution in [3.63, 3.8) is 0 Å². The summed E-state index contributed by atoms with van der Waals surface area (Å²) in [7, 11) is 0. The zero-order valence-corrected chi connectivity index (χ0v) is 12.0. The molecule has 20 heavy (non-hydrogen) atoms. The van der Waals surface area contributed by atoms with Crippen LogP contribution >= 0.6 is 11.5 Å². The molecule has 0 aliphatic heterocycles. The van der Waals surface area contributed by atoms with Gasteiger partial charge in [0, 0.05) is 0 Å². The summed E-state index contributed by atoms with van der Waals surface area (Å²) in [5.41, 5.74) is 5.09. The Hall–Kier alpha value is -1.70. The second-order valence-electron chi connectivity index (χ2n) is 5.07. The van der Waals surface area contributed by atoms with E-state index in [1.807, 2.05) is 0 Å². The number of oxime groups is 1. The highest BCUT2D eigenvalue weighted by molar-refractivity contribution is 7.07. The summed E-state index contributed by atoms with van der Waals surface area (Å²) in [5, 5.41) is 18.8. The van der Waals surface area contributed by atoms with Gasteiger partial charge in [-0.05, 0) is 24.4 Å². The van der Waals surface area contributed by atoms with Crippen molar-refractivity contribution < 1.29 is 10.0 Å². The van der Waals surface area contributed by atoms with Crippen LogP contribution in [0.1, 0.15) is 54.6 Å². The molecule has 0 spiro atoms. The predicted octanol–water partition coefficient (Wildman–Crippen LogP) is 1.50. The second-order valence-corrected chi connectivity index (χ2v) is 5.86. The van der Waals surface area contributed by atoms with E-state index in [1.165, 1.54) is 12.6 Å². The number of hydrogen-bond acceptors (Lipinski definition) is 6. The number of amides is 1. The fourth-order valence-electron chi connectivity index (χ4n) is 2.60. The fraction of sp³-hybridized carbons (Fsp3) is 0.667. The minimum absolute atomic E-state index is 0.0743. The SMILES string of the molecule is NC(=NO)C1(NC(=O)c2cnns2)CCCCCCC1. The van der Waals surface area contributed by atoms with Crippen molar-refractivity contribution in [2.45, 2.75) is 50.5 Å². The van der Waals surface area contributed by atoms with Gasteiger partial charge >= 0.3 is 0 Å². The number of nitrogens with two attached hydrogens (primary N) is 1. The summed E-state index contributed by atoms with van der Waals surface area (Å²) >= 11 is 1.03. The molecular formula is C12H19N5O2S. The second kappa shape index (κ2) is 6.65. The van der Waals surface area contributed by atoms with Gasteiger partial charge in [-0.3, -0.25) is 4.79 Å². The maximum absolute atomic E-state index is 12.2. The maximum atomic E-state index is 12.2. The predicted molar refractivity (Wildman–Crippen MR) is 75.8 cm³/mol. The highest BCUT2D eigenvalue weighted by atomic mass is 32.1. The van der Waals surface area contributed by atoms with Crippen LogP contribution in [0.5, 0.6) is 0 Å². The molecule has 0 unspecified atom stereocenters. The van der Waals surface area contributed by atoms with E-state index >= 15 is 0 Å². The average molecular weight is 297 g/mol. The third-order valence-electron chi connectivity index (χ3n) is 3.74. The van der Waals surface area contributed by atoms with Gasteiger partial charge in [-0.25, -0.2) is 0 Å². The molecule has 1 aliphatic rings. The van der Waals surface area contributed by atoms with Crippen LogP contribution in [0.15, 0.2) is 11.4 Å². The van der Waals surface area contributed by atoms with Gasteiger partial charge in [0.1, 0.15) is 10.4 Å². The van der Waals surface area contributed by atoms with Crippen LogP contribution in [0.4, 0.5) is 0 Å². The first kappa shape index (κ1) is 14.7. The Morgan fingerprint density at radius 3 is 2.55 bits per heavy atom. The lowest BCUT2D eigenvalue weighted by atomic mass is 9.82. The highest BCUT2D eigenvalue weighted by Crippen LogP contribution is 2.27. The standard InChI is InChI=1S/C12H19N5O2S/c13-11(16-19)12(6-4-2-1-3-5-7-12)15-10(18)9-8-14-17-20-9/h8,19H,1-7H2,(H2,13,16)(H,15,18). The molecule has 0 bridgehead atoms. The highest BCUT2D eigenvalue weighted by Gasteiger charge is 2.37. The number of amidine groups is 1. The van der Waals surface area contributed by atoms with Gasteiger partial charge in [0.2, 0.25) is 0 Å². The topological polar surface area (TPSA) is 113 Å². The van der Waals surface area contributed by atoms with E-state index in [2.05, 4.69) is 20.1 Å². The fourth-order valence-corrected chi connectivity index (χ4v) is 3.01. The minimum atomic E-state index is -0.768. The molecular weight excluding hydrogens is 278 g/mol. The smallest absolute Gasteiger partial charge is 0.265 e. The monoisotopic (exact) mass is 297 g/mol. The summed E-state index contributed by atoms with van der Waals surface area (Å²) in [4.78, 5) is 12.7. The largest absolute Gasteiger partial charge is 0.409 e. The summed E-state index contributed by atoms with van der Waals surface area (Å²) in [5.74, 6) is -0.197. The van der Waals surface area contributed by atoms with Gasteiger partial charge in [0.05, 0.1) is 6.20 Å². The molecule has 7 nitrogen and oxygen atoms in total. The van der Waals surface area contributed by atoms with Gasteiger partial charge in [0.25, 0.3) is 5.91 Å². The van der Waals surface area contributed by atoms with Crippen molar-refractivity contribution in [1.29, 1.82) is 0 Å². The van der Waals surface area contributed by atoms with Crippen molar-refractivity contribution in [2.75, 3.05) is 0 Å². The molecule has 0 aromatic carbocycles. The van der Waals surface area contributed by atoms with Crippen molar-refractivity contribution in [2.24, 2.45) is 10.9 Å². The summed E-state index contributed by atoms with van der Waals surface area (Å²) in [6, 6.07) is 0. The van der Waals surface area contributed by atoms with Crippen LogP contribution in [0, 0.1) is 0 Å². The Balaban J connectivity index is 2.19. The number of carbonyl (C=O) groups excluding carboxylic acids is 1. The van der Waals surface area contributed by atoms with E-state index in [9.17, 15) is 4.79 Å². The molecule has 8 heteroatoms. The van der Waals surface area contributed by atoms with Crippen LogP contribution in [-0.4, -0.2) is 32.1 Å². The summed E-state index contributed by atoms with van der Waals surface area (Å²) in [6.07, 6.45) is 8.05. The van der Waals surface area contributed by atoms with E-state index in [4.69, 9.17) is 10.9 Å². The number of nitrogens with one attached hydrogen (secondary N) is 1. The van der Waals surface area contributed by atoms with Crippen molar-refractivity contribution in [3.05, 3.63) is 11.1 Å². The molecule has 1 saturated carbocycles. The quantitative estimate of drug-likeness (QED) is 0.338. The van der Waals surface area contributed by atoms with Crippen LogP contribution in [0.2, 0.25) is 0 Å². The van der Waals surface area contributed by atoms with Gasteiger partial charge in [-0.2, -0.15) is 0 Å². The van der Waals surface area contributed by atoms with Crippen LogP contribution in [-0.2, 0) is 0 Å². The number of hydrogen-bond donors (Lipinski definition) is 3. The Bertz CT molecular complexity index is 466. The molecule has 1 aliphatic carbocycles. The first-order valence-corrected chi connectivity index (χ1v) is 7.53. The Morgan fingerprint density at radius 2 is 2.00 bits per heavy atom. The first-order valence-electron chi connectivity index (χ1n) is 6.76. The van der Waals surface area contributed by atoms with Crippen LogP contribution < -0.4 is 11.1 Å². The average Bonchev–Trinajstić information content (AvgIpc) is 2.95. The van der Waals surface area contributed by atoms with Crippen LogP contribution in [0.3, 0.4) is 0 Å². The van der Waals surface area contributed by atoms with Crippen molar-refractivity contribution >= 4 is 23.3 Å². The third-order valence-corrected chi connectivity index (χ3v) is 4.41. The van der Waals surface area contributed by atoms with Crippen molar-refractivity contribution in [1.82, 2.24) is 14.9 Å². The molecule has 2 rings (SSSR count). The van der Waals surface area contributed by atoms with Gasteiger partial charge in [-0.15, -0.1) is 5.10 Å².